The molecule has 0 unspecified atom stereocenters. The lowest BCUT2D eigenvalue weighted by Gasteiger charge is -2.20. The van der Waals surface area contributed by atoms with Crippen molar-refractivity contribution in [1.29, 1.82) is 0 Å². The normalized spacial score (nSPS) is 11.3. The smallest absolute Gasteiger partial charge is 0.162 e. The van der Waals surface area contributed by atoms with Crippen LogP contribution in [0.1, 0.15) is 11.1 Å². The van der Waals surface area contributed by atoms with Crippen LogP contribution in [0.5, 0.6) is 5.75 Å². The van der Waals surface area contributed by atoms with Crippen LogP contribution >= 0.6 is 0 Å². The largest absolute Gasteiger partial charge is 0.381 e. The van der Waals surface area contributed by atoms with Crippen molar-refractivity contribution in [3.63, 3.8) is 0 Å². The highest BCUT2D eigenvalue weighted by molar-refractivity contribution is 5.83. The molecule has 0 bridgehead atoms. The second kappa shape index (κ2) is 8.74. The number of para-hydroxylation sites is 2. The predicted molar refractivity (Wildman–Crippen MR) is 118 cm³/mol. The van der Waals surface area contributed by atoms with Crippen LogP contribution in [0.4, 0.5) is 5.69 Å². The van der Waals surface area contributed by atoms with Gasteiger partial charge in [-0.25, -0.2) is 5.48 Å². The molecule has 0 spiro atoms. The fourth-order valence-corrected chi connectivity index (χ4v) is 3.02. The molecule has 0 amide bonds. The van der Waals surface area contributed by atoms with E-state index in [9.17, 15) is 0 Å². The third-order valence-corrected chi connectivity index (χ3v) is 4.44. The molecule has 0 saturated heterocycles. The summed E-state index contributed by atoms with van der Waals surface area (Å²) in [4.78, 5) is 5.40. The maximum atomic E-state index is 5.40. The van der Waals surface area contributed by atoms with Crippen LogP contribution in [0.3, 0.4) is 0 Å². The number of benzene rings is 4. The highest BCUT2D eigenvalue weighted by atomic mass is 16.6. The molecule has 2 heteroatoms. The van der Waals surface area contributed by atoms with Crippen molar-refractivity contribution in [1.82, 2.24) is 0 Å². The molecule has 0 radical (unpaired) electrons. The van der Waals surface area contributed by atoms with E-state index in [2.05, 4.69) is 54.0 Å². The zero-order valence-corrected chi connectivity index (χ0v) is 15.5. The van der Waals surface area contributed by atoms with Gasteiger partial charge in [0, 0.05) is 11.1 Å². The van der Waals surface area contributed by atoms with Gasteiger partial charge in [-0.2, -0.15) is 0 Å². The fourth-order valence-electron chi connectivity index (χ4n) is 3.02. The van der Waals surface area contributed by atoms with Gasteiger partial charge in [-0.15, -0.1) is 0 Å². The number of nitrogens with one attached hydrogen (secondary N) is 1. The molecule has 28 heavy (non-hydrogen) atoms. The van der Waals surface area contributed by atoms with Crippen molar-refractivity contribution in [2.45, 2.75) is 0 Å². The average molecular weight is 363 g/mol. The highest BCUT2D eigenvalue weighted by Crippen LogP contribution is 2.38. The third-order valence-electron chi connectivity index (χ3n) is 4.44. The van der Waals surface area contributed by atoms with Crippen LogP contribution in [-0.2, 0) is 0 Å². The van der Waals surface area contributed by atoms with Crippen LogP contribution in [0.2, 0.25) is 0 Å². The van der Waals surface area contributed by atoms with Crippen LogP contribution in [0, 0.1) is 0 Å². The fraction of sp³-hybridized carbons (Fsp3) is 0. The zero-order chi connectivity index (χ0) is 19.0. The van der Waals surface area contributed by atoms with Crippen LogP contribution < -0.4 is 10.3 Å². The van der Waals surface area contributed by atoms with Crippen molar-refractivity contribution in [2.24, 2.45) is 0 Å². The first kappa shape index (κ1) is 17.6. The van der Waals surface area contributed by atoms with Gasteiger partial charge in [-0.1, -0.05) is 109 Å². The molecular formula is C26H21NO. The summed E-state index contributed by atoms with van der Waals surface area (Å²) in [5, 5.41) is 0. The van der Waals surface area contributed by atoms with Gasteiger partial charge in [0.15, 0.2) is 5.75 Å². The van der Waals surface area contributed by atoms with Crippen molar-refractivity contribution >= 4 is 17.8 Å². The first-order chi connectivity index (χ1) is 13.9. The van der Waals surface area contributed by atoms with Gasteiger partial charge in [0.2, 0.25) is 0 Å². The summed E-state index contributed by atoms with van der Waals surface area (Å²) >= 11 is 0. The van der Waals surface area contributed by atoms with E-state index in [0.717, 1.165) is 17.0 Å². The Morgan fingerprint density at radius 3 is 1.64 bits per heavy atom. The minimum Gasteiger partial charge on any atom is -0.381 e. The Labute approximate surface area is 165 Å². The number of fused-ring (bicyclic) bond motifs is 3. The van der Waals surface area contributed by atoms with Gasteiger partial charge in [0.25, 0.3) is 0 Å². The number of hydrogen-bond acceptors (Lipinski definition) is 2. The molecule has 0 atom stereocenters. The number of rotatable bonds is 2. The molecular weight excluding hydrogens is 342 g/mol. The Morgan fingerprint density at radius 2 is 1.00 bits per heavy atom. The molecule has 1 heterocycles. The molecule has 4 aromatic carbocycles. The minimum atomic E-state index is 0.881. The summed E-state index contributed by atoms with van der Waals surface area (Å²) in [6.07, 6.45) is 4.24. The van der Waals surface area contributed by atoms with Crippen LogP contribution in [-0.4, -0.2) is 0 Å². The summed E-state index contributed by atoms with van der Waals surface area (Å²) in [7, 11) is 0. The quantitative estimate of drug-likeness (QED) is 0.390. The van der Waals surface area contributed by atoms with Gasteiger partial charge in [-0.3, -0.25) is 0 Å². The van der Waals surface area contributed by atoms with Crippen molar-refractivity contribution in [2.75, 3.05) is 5.48 Å². The van der Waals surface area contributed by atoms with Crippen molar-refractivity contribution < 1.29 is 4.84 Å². The van der Waals surface area contributed by atoms with Gasteiger partial charge in [-0.05, 0) is 23.3 Å². The summed E-state index contributed by atoms with van der Waals surface area (Å²) in [5.41, 5.74) is 8.73. The molecule has 0 aromatic heterocycles. The van der Waals surface area contributed by atoms with E-state index in [1.807, 2.05) is 72.8 Å². The molecule has 136 valence electrons. The SMILES string of the molecule is C(=Cc1ccccc1)c1ccccc1.c1ccc2c(c1)NOc1ccccc1-2. The summed E-state index contributed by atoms with van der Waals surface area (Å²) in [6.45, 7) is 0. The molecule has 1 N–H and O–H groups in total. The van der Waals surface area contributed by atoms with Crippen LogP contribution in [0.15, 0.2) is 109 Å². The van der Waals surface area contributed by atoms with Crippen molar-refractivity contribution in [3.05, 3.63) is 120 Å². The second-order valence-electron chi connectivity index (χ2n) is 6.40. The summed E-state index contributed by atoms with van der Waals surface area (Å²) < 4.78 is 0. The highest BCUT2D eigenvalue weighted by Gasteiger charge is 2.14. The molecule has 0 aliphatic carbocycles. The van der Waals surface area contributed by atoms with E-state index in [4.69, 9.17) is 4.84 Å². The molecule has 0 fully saturated rings. The Balaban J connectivity index is 0.000000137. The van der Waals surface area contributed by atoms with E-state index >= 15 is 0 Å². The van der Waals surface area contributed by atoms with Crippen LogP contribution in [0.25, 0.3) is 23.3 Å². The van der Waals surface area contributed by atoms with Gasteiger partial charge >= 0.3 is 0 Å². The van der Waals surface area contributed by atoms with Gasteiger partial charge in [0.1, 0.15) is 0 Å². The minimum absolute atomic E-state index is 0.881. The third kappa shape index (κ3) is 4.30. The Hall–Kier alpha value is -3.78. The summed E-state index contributed by atoms with van der Waals surface area (Å²) in [5.74, 6) is 0.881. The Bertz CT molecular complexity index is 969. The van der Waals surface area contributed by atoms with Gasteiger partial charge < -0.3 is 4.84 Å². The van der Waals surface area contributed by atoms with E-state index in [1.54, 1.807) is 0 Å². The predicted octanol–water partition coefficient (Wildman–Crippen LogP) is 6.93. The number of anilines is 1. The lowest BCUT2D eigenvalue weighted by atomic mass is 10.0. The first-order valence-electron chi connectivity index (χ1n) is 9.29. The van der Waals surface area contributed by atoms with Gasteiger partial charge in [0.05, 0.1) is 5.69 Å². The molecule has 0 saturated carbocycles. The standard InChI is InChI=1S/C14H12.C12H9NO/c1-3-7-13(8-4-1)11-12-14-9-5-2-6-10-14;1-3-7-11-9(5-1)10-6-2-4-8-12(10)14-13-11/h1-12H;1-8,13H. The van der Waals surface area contributed by atoms with E-state index in [-0.39, 0.29) is 0 Å². The summed E-state index contributed by atoms with van der Waals surface area (Å²) in [6, 6.07) is 36.7. The van der Waals surface area contributed by atoms with E-state index < -0.39 is 0 Å². The second-order valence-corrected chi connectivity index (χ2v) is 6.40. The lowest BCUT2D eigenvalue weighted by Crippen LogP contribution is -2.10. The Morgan fingerprint density at radius 1 is 0.500 bits per heavy atom. The maximum Gasteiger partial charge on any atom is 0.162 e. The maximum absolute atomic E-state index is 5.40. The zero-order valence-electron chi connectivity index (χ0n) is 15.5. The first-order valence-corrected chi connectivity index (χ1v) is 9.29. The molecule has 1 aliphatic rings. The molecule has 2 nitrogen and oxygen atoms in total. The van der Waals surface area contributed by atoms with E-state index in [1.165, 1.54) is 16.7 Å². The van der Waals surface area contributed by atoms with Crippen molar-refractivity contribution in [3.8, 4) is 16.9 Å². The number of hydrogen-bond donors (Lipinski definition) is 1. The molecule has 1 aliphatic heterocycles. The monoisotopic (exact) mass is 363 g/mol. The van der Waals surface area contributed by atoms with E-state index in [0.29, 0.717) is 0 Å². The molecule has 5 rings (SSSR count). The average Bonchev–Trinajstić information content (AvgIpc) is 2.79. The Kier molecular flexibility index (Phi) is 5.50. The lowest BCUT2D eigenvalue weighted by molar-refractivity contribution is 0.402. The topological polar surface area (TPSA) is 21.3 Å². The molecule has 4 aromatic rings.